The zero-order valence-electron chi connectivity index (χ0n) is 9.81. The van der Waals surface area contributed by atoms with Gasteiger partial charge < -0.3 is 5.73 Å². The van der Waals surface area contributed by atoms with Crippen LogP contribution in [-0.2, 0) is 6.42 Å². The van der Waals surface area contributed by atoms with Crippen LogP contribution in [0.4, 0.5) is 0 Å². The van der Waals surface area contributed by atoms with Gasteiger partial charge in [-0.1, -0.05) is 35.8 Å². The van der Waals surface area contributed by atoms with Crippen LogP contribution in [0.2, 0.25) is 0 Å². The standard InChI is InChI=1S/C13H20BrN/c1-10-4-5-12(14)8-11(10)9-13(2,3)6-7-15/h4-5,8H,6-7,9,15H2,1-3H3. The van der Waals surface area contributed by atoms with Crippen LogP contribution in [0.5, 0.6) is 0 Å². The van der Waals surface area contributed by atoms with Crippen LogP contribution < -0.4 is 5.73 Å². The third kappa shape index (κ3) is 3.96. The lowest BCUT2D eigenvalue weighted by Gasteiger charge is -2.25. The molecule has 84 valence electrons. The third-order valence-electron chi connectivity index (χ3n) is 2.80. The SMILES string of the molecule is Cc1ccc(Br)cc1CC(C)(C)CCN. The summed E-state index contributed by atoms with van der Waals surface area (Å²) in [4.78, 5) is 0. The molecule has 0 amide bonds. The van der Waals surface area contributed by atoms with Crippen molar-refractivity contribution in [2.45, 2.75) is 33.6 Å². The van der Waals surface area contributed by atoms with E-state index < -0.39 is 0 Å². The van der Waals surface area contributed by atoms with Gasteiger partial charge in [-0.3, -0.25) is 0 Å². The molecule has 1 rings (SSSR count). The number of nitrogens with two attached hydrogens (primary N) is 1. The zero-order valence-corrected chi connectivity index (χ0v) is 11.4. The first-order chi connectivity index (χ1) is 6.94. The van der Waals surface area contributed by atoms with Gasteiger partial charge in [0.1, 0.15) is 0 Å². The number of hydrogen-bond acceptors (Lipinski definition) is 1. The van der Waals surface area contributed by atoms with Crippen LogP contribution in [0.25, 0.3) is 0 Å². The molecule has 0 heterocycles. The molecule has 0 saturated carbocycles. The molecule has 0 bridgehead atoms. The van der Waals surface area contributed by atoms with E-state index in [2.05, 4.69) is 54.9 Å². The normalized spacial score (nSPS) is 11.8. The molecular weight excluding hydrogens is 250 g/mol. The smallest absolute Gasteiger partial charge is 0.0178 e. The van der Waals surface area contributed by atoms with Crippen molar-refractivity contribution >= 4 is 15.9 Å². The van der Waals surface area contributed by atoms with E-state index in [0.29, 0.717) is 5.41 Å². The minimum absolute atomic E-state index is 0.292. The Morgan fingerprint density at radius 3 is 2.60 bits per heavy atom. The maximum Gasteiger partial charge on any atom is 0.0178 e. The van der Waals surface area contributed by atoms with Gasteiger partial charge in [0.05, 0.1) is 0 Å². The molecule has 1 nitrogen and oxygen atoms in total. The first kappa shape index (κ1) is 12.7. The van der Waals surface area contributed by atoms with E-state index in [0.717, 1.165) is 23.9 Å². The van der Waals surface area contributed by atoms with Crippen molar-refractivity contribution < 1.29 is 0 Å². The molecule has 1 aromatic carbocycles. The highest BCUT2D eigenvalue weighted by Crippen LogP contribution is 2.28. The topological polar surface area (TPSA) is 26.0 Å². The van der Waals surface area contributed by atoms with Crippen molar-refractivity contribution in [2.75, 3.05) is 6.54 Å². The summed E-state index contributed by atoms with van der Waals surface area (Å²) in [5, 5.41) is 0. The molecular formula is C13H20BrN. The van der Waals surface area contributed by atoms with Crippen LogP contribution in [0.3, 0.4) is 0 Å². The van der Waals surface area contributed by atoms with Crippen LogP contribution in [-0.4, -0.2) is 6.54 Å². The molecule has 0 saturated heterocycles. The van der Waals surface area contributed by atoms with Crippen LogP contribution in [0.15, 0.2) is 22.7 Å². The molecule has 0 atom stereocenters. The summed E-state index contributed by atoms with van der Waals surface area (Å²) in [6.07, 6.45) is 2.16. The van der Waals surface area contributed by atoms with Gasteiger partial charge in [-0.25, -0.2) is 0 Å². The van der Waals surface area contributed by atoms with Crippen LogP contribution >= 0.6 is 15.9 Å². The fraction of sp³-hybridized carbons (Fsp3) is 0.538. The number of benzene rings is 1. The molecule has 15 heavy (non-hydrogen) atoms. The average Bonchev–Trinajstić information content (AvgIpc) is 2.10. The molecule has 0 aliphatic carbocycles. The minimum atomic E-state index is 0.292. The van der Waals surface area contributed by atoms with Crippen LogP contribution in [0, 0.1) is 12.3 Å². The summed E-state index contributed by atoms with van der Waals surface area (Å²) in [5.41, 5.74) is 8.70. The Bertz CT molecular complexity index is 331. The Morgan fingerprint density at radius 2 is 2.00 bits per heavy atom. The molecule has 0 radical (unpaired) electrons. The predicted molar refractivity (Wildman–Crippen MR) is 70.0 cm³/mol. The highest BCUT2D eigenvalue weighted by atomic mass is 79.9. The van der Waals surface area contributed by atoms with Gasteiger partial charge in [0.2, 0.25) is 0 Å². The van der Waals surface area contributed by atoms with E-state index in [-0.39, 0.29) is 0 Å². The number of hydrogen-bond donors (Lipinski definition) is 1. The van der Waals surface area contributed by atoms with Crippen molar-refractivity contribution in [2.24, 2.45) is 11.1 Å². The van der Waals surface area contributed by atoms with Gasteiger partial charge in [0.15, 0.2) is 0 Å². The lowest BCUT2D eigenvalue weighted by Crippen LogP contribution is -2.20. The van der Waals surface area contributed by atoms with Gasteiger partial charge in [-0.2, -0.15) is 0 Å². The summed E-state index contributed by atoms with van der Waals surface area (Å²) in [7, 11) is 0. The summed E-state index contributed by atoms with van der Waals surface area (Å²) in [6.45, 7) is 7.49. The van der Waals surface area contributed by atoms with Gasteiger partial charge >= 0.3 is 0 Å². The minimum Gasteiger partial charge on any atom is -0.330 e. The average molecular weight is 270 g/mol. The highest BCUT2D eigenvalue weighted by molar-refractivity contribution is 9.10. The molecule has 1 aromatic rings. The summed E-state index contributed by atoms with van der Waals surface area (Å²) >= 11 is 3.52. The largest absolute Gasteiger partial charge is 0.330 e. The molecule has 0 spiro atoms. The van der Waals surface area contributed by atoms with Crippen molar-refractivity contribution in [1.82, 2.24) is 0 Å². The molecule has 2 heteroatoms. The Hall–Kier alpha value is -0.340. The maximum absolute atomic E-state index is 5.63. The van der Waals surface area contributed by atoms with Crippen molar-refractivity contribution in [3.05, 3.63) is 33.8 Å². The fourth-order valence-electron chi connectivity index (χ4n) is 1.83. The molecule has 0 aliphatic rings. The van der Waals surface area contributed by atoms with E-state index in [1.807, 2.05) is 0 Å². The Balaban J connectivity index is 2.83. The monoisotopic (exact) mass is 269 g/mol. The van der Waals surface area contributed by atoms with Crippen molar-refractivity contribution in [3.8, 4) is 0 Å². The second-order valence-electron chi connectivity index (χ2n) is 4.95. The number of rotatable bonds is 4. The molecule has 0 aromatic heterocycles. The second kappa shape index (κ2) is 5.13. The lowest BCUT2D eigenvalue weighted by molar-refractivity contribution is 0.338. The van der Waals surface area contributed by atoms with Crippen LogP contribution in [0.1, 0.15) is 31.4 Å². The first-order valence-electron chi connectivity index (χ1n) is 5.40. The lowest BCUT2D eigenvalue weighted by atomic mass is 9.81. The zero-order chi connectivity index (χ0) is 11.5. The van der Waals surface area contributed by atoms with E-state index >= 15 is 0 Å². The second-order valence-corrected chi connectivity index (χ2v) is 5.87. The fourth-order valence-corrected chi connectivity index (χ4v) is 2.23. The number of aryl methyl sites for hydroxylation is 1. The van der Waals surface area contributed by atoms with Gasteiger partial charge in [-0.05, 0) is 55.0 Å². The van der Waals surface area contributed by atoms with E-state index in [1.165, 1.54) is 11.1 Å². The van der Waals surface area contributed by atoms with E-state index in [9.17, 15) is 0 Å². The van der Waals surface area contributed by atoms with Crippen molar-refractivity contribution in [3.63, 3.8) is 0 Å². The van der Waals surface area contributed by atoms with E-state index in [1.54, 1.807) is 0 Å². The highest BCUT2D eigenvalue weighted by Gasteiger charge is 2.18. The molecule has 0 aliphatic heterocycles. The molecule has 2 N–H and O–H groups in total. The predicted octanol–water partition coefficient (Wildman–Crippen LogP) is 3.68. The Morgan fingerprint density at radius 1 is 1.33 bits per heavy atom. The first-order valence-corrected chi connectivity index (χ1v) is 6.19. The van der Waals surface area contributed by atoms with Crippen molar-refractivity contribution in [1.29, 1.82) is 0 Å². The molecule has 0 unspecified atom stereocenters. The maximum atomic E-state index is 5.63. The van der Waals surface area contributed by atoms with Gasteiger partial charge in [-0.15, -0.1) is 0 Å². The van der Waals surface area contributed by atoms with Gasteiger partial charge in [0.25, 0.3) is 0 Å². The number of halogens is 1. The quantitative estimate of drug-likeness (QED) is 0.887. The summed E-state index contributed by atoms with van der Waals surface area (Å²) in [5.74, 6) is 0. The Labute approximate surface area is 101 Å². The summed E-state index contributed by atoms with van der Waals surface area (Å²) in [6, 6.07) is 6.47. The summed E-state index contributed by atoms with van der Waals surface area (Å²) < 4.78 is 1.16. The Kier molecular flexibility index (Phi) is 4.35. The van der Waals surface area contributed by atoms with Gasteiger partial charge in [0, 0.05) is 4.47 Å². The van der Waals surface area contributed by atoms with E-state index in [4.69, 9.17) is 5.73 Å². The molecule has 0 fully saturated rings. The third-order valence-corrected chi connectivity index (χ3v) is 3.29.